The summed E-state index contributed by atoms with van der Waals surface area (Å²) < 4.78 is 0.720. The highest BCUT2D eigenvalue weighted by atomic mass is 127. The van der Waals surface area contributed by atoms with E-state index in [1.165, 1.54) is 0 Å². The van der Waals surface area contributed by atoms with Crippen molar-refractivity contribution in [3.63, 3.8) is 0 Å². The van der Waals surface area contributed by atoms with E-state index in [9.17, 15) is 4.79 Å². The lowest BCUT2D eigenvalue weighted by molar-refractivity contribution is 0.0953. The van der Waals surface area contributed by atoms with Crippen LogP contribution in [-0.4, -0.2) is 12.5 Å². The van der Waals surface area contributed by atoms with E-state index < -0.39 is 0 Å². The second-order valence-corrected chi connectivity index (χ2v) is 5.29. The Labute approximate surface area is 125 Å². The minimum Gasteiger partial charge on any atom is -0.352 e. The number of amides is 1. The third kappa shape index (κ3) is 4.48. The van der Waals surface area contributed by atoms with Crippen molar-refractivity contribution >= 4 is 51.7 Å². The van der Waals surface area contributed by atoms with Gasteiger partial charge in [-0.1, -0.05) is 35.4 Å². The molecule has 2 nitrogen and oxygen atoms in total. The summed E-state index contributed by atoms with van der Waals surface area (Å²) in [5.74, 6) is -0.150. The summed E-state index contributed by atoms with van der Waals surface area (Å²) in [6.07, 6.45) is 4.76. The molecule has 1 aromatic rings. The number of halogens is 3. The summed E-state index contributed by atoms with van der Waals surface area (Å²) in [5.41, 5.74) is 0.517. The number of hydrogen-bond donors (Lipinski definition) is 1. The largest absolute Gasteiger partial charge is 0.352 e. The van der Waals surface area contributed by atoms with Crippen molar-refractivity contribution < 1.29 is 4.79 Å². The summed E-state index contributed by atoms with van der Waals surface area (Å²) in [4.78, 5) is 11.9. The highest BCUT2D eigenvalue weighted by molar-refractivity contribution is 14.1. The Hall–Kier alpha value is -0.260. The first-order chi connectivity index (χ1) is 8.06. The van der Waals surface area contributed by atoms with Gasteiger partial charge in [0.15, 0.2) is 0 Å². The van der Waals surface area contributed by atoms with Crippen molar-refractivity contribution in [2.75, 3.05) is 6.54 Å². The Morgan fingerprint density at radius 1 is 1.47 bits per heavy atom. The number of nitrogens with one attached hydrogen (secondary N) is 1. The van der Waals surface area contributed by atoms with Gasteiger partial charge >= 0.3 is 0 Å². The topological polar surface area (TPSA) is 29.1 Å². The molecule has 0 atom stereocenters. The maximum absolute atomic E-state index is 11.9. The molecule has 5 heteroatoms. The van der Waals surface area contributed by atoms with Crippen molar-refractivity contribution in [2.45, 2.75) is 13.3 Å². The Bertz CT molecular complexity index is 446. The molecule has 0 aliphatic heterocycles. The molecular weight excluding hydrogens is 372 g/mol. The van der Waals surface area contributed by atoms with Crippen LogP contribution < -0.4 is 5.32 Å². The molecule has 0 unspecified atom stereocenters. The van der Waals surface area contributed by atoms with Gasteiger partial charge in [0.05, 0.1) is 10.6 Å². The average Bonchev–Trinajstić information content (AvgIpc) is 2.29. The Kier molecular flexibility index (Phi) is 6.30. The zero-order valence-electron chi connectivity index (χ0n) is 9.27. The van der Waals surface area contributed by atoms with Gasteiger partial charge in [0, 0.05) is 15.1 Å². The predicted octanol–water partition coefficient (Wildman–Crippen LogP) is 4.29. The van der Waals surface area contributed by atoms with E-state index in [1.807, 2.05) is 41.7 Å². The van der Waals surface area contributed by atoms with Gasteiger partial charge in [0.1, 0.15) is 0 Å². The zero-order chi connectivity index (χ0) is 12.8. The van der Waals surface area contributed by atoms with Crippen LogP contribution >= 0.6 is 45.8 Å². The Morgan fingerprint density at radius 2 is 2.18 bits per heavy atom. The van der Waals surface area contributed by atoms with Gasteiger partial charge in [-0.2, -0.15) is 0 Å². The van der Waals surface area contributed by atoms with Crippen molar-refractivity contribution in [3.05, 3.63) is 43.5 Å². The van der Waals surface area contributed by atoms with Gasteiger partial charge in [-0.25, -0.2) is 0 Å². The second-order valence-electron chi connectivity index (χ2n) is 3.36. The summed E-state index contributed by atoms with van der Waals surface area (Å²) in [7, 11) is 0. The lowest BCUT2D eigenvalue weighted by Crippen LogP contribution is -2.25. The number of allylic oxidation sites excluding steroid dienone is 1. The van der Waals surface area contributed by atoms with Crippen LogP contribution in [0.3, 0.4) is 0 Å². The summed E-state index contributed by atoms with van der Waals surface area (Å²) in [6, 6.07) is 3.25. The molecule has 1 rings (SSSR count). The van der Waals surface area contributed by atoms with E-state index in [2.05, 4.69) is 5.32 Å². The Balaban J connectivity index is 2.75. The molecule has 0 radical (unpaired) electrons. The molecule has 0 aliphatic rings. The average molecular weight is 384 g/mol. The molecule has 1 aromatic carbocycles. The smallest absolute Gasteiger partial charge is 0.252 e. The maximum Gasteiger partial charge on any atom is 0.252 e. The van der Waals surface area contributed by atoms with E-state index in [0.717, 1.165) is 9.99 Å². The lowest BCUT2D eigenvalue weighted by atomic mass is 10.2. The zero-order valence-corrected chi connectivity index (χ0v) is 12.9. The molecule has 1 amide bonds. The highest BCUT2D eigenvalue weighted by Crippen LogP contribution is 2.26. The van der Waals surface area contributed by atoms with Crippen molar-refractivity contribution in [2.24, 2.45) is 0 Å². The van der Waals surface area contributed by atoms with Crippen LogP contribution in [0.15, 0.2) is 24.3 Å². The summed E-state index contributed by atoms with van der Waals surface area (Å²) >= 11 is 13.9. The number of carbonyl (C=O) groups excluding carboxylic acids is 1. The maximum atomic E-state index is 11.9. The quantitative estimate of drug-likeness (QED) is 0.357. The molecule has 0 aromatic heterocycles. The normalized spacial score (nSPS) is 10.8. The van der Waals surface area contributed by atoms with Gasteiger partial charge in [-0.05, 0) is 48.1 Å². The molecule has 0 bridgehead atoms. The molecule has 0 saturated heterocycles. The first kappa shape index (κ1) is 14.8. The van der Waals surface area contributed by atoms with E-state index in [1.54, 1.807) is 12.1 Å². The molecule has 17 heavy (non-hydrogen) atoms. The molecule has 0 aliphatic carbocycles. The number of benzene rings is 1. The lowest BCUT2D eigenvalue weighted by Gasteiger charge is -2.07. The first-order valence-corrected chi connectivity index (χ1v) is 6.93. The van der Waals surface area contributed by atoms with Crippen LogP contribution in [0.25, 0.3) is 0 Å². The van der Waals surface area contributed by atoms with Crippen LogP contribution in [0.5, 0.6) is 0 Å². The summed E-state index contributed by atoms with van der Waals surface area (Å²) in [6.45, 7) is 2.55. The monoisotopic (exact) mass is 383 g/mol. The molecular formula is C12H12Cl2INO. The second kappa shape index (κ2) is 7.24. The molecule has 0 spiro atoms. The minimum absolute atomic E-state index is 0.150. The first-order valence-electron chi connectivity index (χ1n) is 5.10. The van der Waals surface area contributed by atoms with E-state index in [0.29, 0.717) is 22.2 Å². The van der Waals surface area contributed by atoms with Gasteiger partial charge < -0.3 is 5.32 Å². The number of carbonyl (C=O) groups is 1. The van der Waals surface area contributed by atoms with Crippen molar-refractivity contribution in [1.82, 2.24) is 5.32 Å². The molecule has 1 N–H and O–H groups in total. The SMILES string of the molecule is C/C=C/CCNC(=O)c1cc(Cl)cc(Cl)c1I. The van der Waals surface area contributed by atoms with Crippen LogP contribution in [0, 0.1) is 3.57 Å². The van der Waals surface area contributed by atoms with Gasteiger partial charge in [-0.15, -0.1) is 0 Å². The van der Waals surface area contributed by atoms with Gasteiger partial charge in [0.2, 0.25) is 0 Å². The van der Waals surface area contributed by atoms with Crippen LogP contribution in [-0.2, 0) is 0 Å². The van der Waals surface area contributed by atoms with Crippen molar-refractivity contribution in [1.29, 1.82) is 0 Å². The highest BCUT2D eigenvalue weighted by Gasteiger charge is 2.13. The van der Waals surface area contributed by atoms with E-state index >= 15 is 0 Å². The van der Waals surface area contributed by atoms with Crippen LogP contribution in [0.4, 0.5) is 0 Å². The molecule has 92 valence electrons. The fourth-order valence-corrected chi connectivity index (χ4v) is 2.30. The number of hydrogen-bond acceptors (Lipinski definition) is 1. The van der Waals surface area contributed by atoms with Gasteiger partial charge in [0.25, 0.3) is 5.91 Å². The van der Waals surface area contributed by atoms with Crippen LogP contribution in [0.1, 0.15) is 23.7 Å². The summed E-state index contributed by atoms with van der Waals surface area (Å²) in [5, 5.41) is 3.78. The molecule has 0 heterocycles. The third-order valence-corrected chi connectivity index (χ3v) is 4.07. The molecule has 0 fully saturated rings. The third-order valence-electron chi connectivity index (χ3n) is 2.07. The number of rotatable bonds is 4. The van der Waals surface area contributed by atoms with E-state index in [4.69, 9.17) is 23.2 Å². The van der Waals surface area contributed by atoms with Gasteiger partial charge in [-0.3, -0.25) is 4.79 Å². The fraction of sp³-hybridized carbons (Fsp3) is 0.250. The standard InChI is InChI=1S/C12H12Cl2INO/c1-2-3-4-5-16-12(17)9-6-8(13)7-10(14)11(9)15/h2-3,6-7H,4-5H2,1H3,(H,16,17)/b3-2+. The van der Waals surface area contributed by atoms with Crippen molar-refractivity contribution in [3.8, 4) is 0 Å². The Morgan fingerprint density at radius 3 is 2.82 bits per heavy atom. The fourth-order valence-electron chi connectivity index (χ4n) is 1.25. The molecule has 0 saturated carbocycles. The predicted molar refractivity (Wildman–Crippen MR) is 80.9 cm³/mol. The van der Waals surface area contributed by atoms with Crippen LogP contribution in [0.2, 0.25) is 10.0 Å². The van der Waals surface area contributed by atoms with E-state index in [-0.39, 0.29) is 5.91 Å². The minimum atomic E-state index is -0.150.